The predicted octanol–water partition coefficient (Wildman–Crippen LogP) is 3.87. The molecular weight excluding hydrogens is 383 g/mol. The van der Waals surface area contributed by atoms with Crippen LogP contribution in [0.15, 0.2) is 42.5 Å². The first-order chi connectivity index (χ1) is 14.4. The van der Waals surface area contributed by atoms with E-state index < -0.39 is 5.82 Å². The molecule has 2 amide bonds. The Labute approximate surface area is 177 Å². The van der Waals surface area contributed by atoms with Gasteiger partial charge in [0.25, 0.3) is 5.91 Å². The largest absolute Gasteiger partial charge is 0.494 e. The number of nitrogens with zero attached hydrogens (tertiary/aromatic N) is 2. The molecule has 1 aliphatic heterocycles. The number of aryl methyl sites for hydroxylation is 1. The quantitative estimate of drug-likeness (QED) is 0.724. The Morgan fingerprint density at radius 3 is 2.20 bits per heavy atom. The van der Waals surface area contributed by atoms with Gasteiger partial charge in [0, 0.05) is 38.2 Å². The third-order valence-corrected chi connectivity index (χ3v) is 5.59. The van der Waals surface area contributed by atoms with Crippen LogP contribution in [-0.4, -0.2) is 54.9 Å². The zero-order valence-electron chi connectivity index (χ0n) is 17.9. The summed E-state index contributed by atoms with van der Waals surface area (Å²) < 4.78 is 18.7. The molecule has 160 valence electrons. The smallest absolute Gasteiger partial charge is 0.253 e. The number of piperazine rings is 1. The summed E-state index contributed by atoms with van der Waals surface area (Å²) in [5, 5.41) is 0. The average molecular weight is 413 g/mol. The summed E-state index contributed by atoms with van der Waals surface area (Å²) in [5.74, 6) is 0.240. The maximum absolute atomic E-state index is 13.8. The lowest BCUT2D eigenvalue weighted by molar-refractivity contribution is -0.132. The Bertz CT molecular complexity index is 888. The van der Waals surface area contributed by atoms with E-state index in [1.54, 1.807) is 21.9 Å². The van der Waals surface area contributed by atoms with Gasteiger partial charge < -0.3 is 14.5 Å². The first-order valence-corrected chi connectivity index (χ1v) is 10.4. The minimum absolute atomic E-state index is 0.00566. The molecule has 1 saturated heterocycles. The van der Waals surface area contributed by atoms with E-state index in [9.17, 15) is 14.0 Å². The van der Waals surface area contributed by atoms with Crippen LogP contribution in [0.1, 0.15) is 47.7 Å². The molecule has 0 bridgehead atoms. The molecule has 3 rings (SSSR count). The van der Waals surface area contributed by atoms with Crippen LogP contribution in [0, 0.1) is 5.82 Å². The van der Waals surface area contributed by atoms with Crippen molar-refractivity contribution >= 4 is 11.8 Å². The van der Waals surface area contributed by atoms with Crippen LogP contribution in [0.5, 0.6) is 5.75 Å². The Morgan fingerprint density at radius 1 is 1.00 bits per heavy atom. The molecule has 0 N–H and O–H groups in total. The van der Waals surface area contributed by atoms with Gasteiger partial charge in [-0.2, -0.15) is 0 Å². The van der Waals surface area contributed by atoms with Crippen molar-refractivity contribution in [2.24, 2.45) is 0 Å². The lowest BCUT2D eigenvalue weighted by Crippen LogP contribution is -2.50. The van der Waals surface area contributed by atoms with Gasteiger partial charge >= 0.3 is 0 Å². The Balaban J connectivity index is 1.49. The number of ether oxygens (including phenoxy) is 1. The number of rotatable bonds is 6. The Hall–Kier alpha value is -2.89. The SMILES string of the molecule is COc1ccc(CCC(=O)N2CCN(C(=O)c3ccc(C(C)C)cc3)CC2)cc1F. The van der Waals surface area contributed by atoms with Crippen molar-refractivity contribution in [3.05, 3.63) is 65.0 Å². The summed E-state index contributed by atoms with van der Waals surface area (Å²) in [5.41, 5.74) is 2.65. The highest BCUT2D eigenvalue weighted by Crippen LogP contribution is 2.19. The number of amides is 2. The van der Waals surface area contributed by atoms with E-state index in [2.05, 4.69) is 13.8 Å². The molecule has 2 aromatic carbocycles. The highest BCUT2D eigenvalue weighted by atomic mass is 19.1. The molecule has 6 heteroatoms. The van der Waals surface area contributed by atoms with Gasteiger partial charge in [-0.25, -0.2) is 4.39 Å². The fraction of sp³-hybridized carbons (Fsp3) is 0.417. The molecule has 5 nitrogen and oxygen atoms in total. The summed E-state index contributed by atoms with van der Waals surface area (Å²) in [6, 6.07) is 12.5. The van der Waals surface area contributed by atoms with Crippen LogP contribution in [0.4, 0.5) is 4.39 Å². The van der Waals surface area contributed by atoms with E-state index in [-0.39, 0.29) is 17.6 Å². The molecule has 0 saturated carbocycles. The maximum atomic E-state index is 13.8. The number of benzene rings is 2. The second kappa shape index (κ2) is 9.74. The number of carbonyl (C=O) groups excluding carboxylic acids is 2. The van der Waals surface area contributed by atoms with Crippen molar-refractivity contribution in [2.45, 2.75) is 32.6 Å². The van der Waals surface area contributed by atoms with Crippen LogP contribution in [0.25, 0.3) is 0 Å². The van der Waals surface area contributed by atoms with Crippen LogP contribution in [0.2, 0.25) is 0 Å². The van der Waals surface area contributed by atoms with Gasteiger partial charge in [0.2, 0.25) is 5.91 Å². The van der Waals surface area contributed by atoms with E-state index in [1.165, 1.54) is 18.7 Å². The normalized spacial score (nSPS) is 14.2. The summed E-state index contributed by atoms with van der Waals surface area (Å²) in [4.78, 5) is 28.8. The van der Waals surface area contributed by atoms with Crippen molar-refractivity contribution in [1.82, 2.24) is 9.80 Å². The van der Waals surface area contributed by atoms with Crippen LogP contribution in [-0.2, 0) is 11.2 Å². The van der Waals surface area contributed by atoms with Gasteiger partial charge in [0.15, 0.2) is 11.6 Å². The van der Waals surface area contributed by atoms with E-state index in [4.69, 9.17) is 4.74 Å². The Kier molecular flexibility index (Phi) is 7.08. The van der Waals surface area contributed by atoms with E-state index in [1.807, 2.05) is 24.3 Å². The van der Waals surface area contributed by atoms with Gasteiger partial charge in [-0.3, -0.25) is 9.59 Å². The predicted molar refractivity (Wildman–Crippen MR) is 114 cm³/mol. The van der Waals surface area contributed by atoms with Crippen molar-refractivity contribution in [2.75, 3.05) is 33.3 Å². The van der Waals surface area contributed by atoms with Gasteiger partial charge in [-0.15, -0.1) is 0 Å². The topological polar surface area (TPSA) is 49.9 Å². The van der Waals surface area contributed by atoms with Crippen LogP contribution in [0.3, 0.4) is 0 Å². The van der Waals surface area contributed by atoms with E-state index >= 15 is 0 Å². The van der Waals surface area contributed by atoms with Crippen LogP contribution < -0.4 is 4.74 Å². The molecule has 0 aromatic heterocycles. The fourth-order valence-corrected chi connectivity index (χ4v) is 3.63. The average Bonchev–Trinajstić information content (AvgIpc) is 2.77. The van der Waals surface area contributed by atoms with E-state index in [0.717, 1.165) is 5.56 Å². The van der Waals surface area contributed by atoms with Crippen molar-refractivity contribution in [1.29, 1.82) is 0 Å². The molecular formula is C24H29FN2O3. The molecule has 0 atom stereocenters. The summed E-state index contributed by atoms with van der Waals surface area (Å²) in [6.45, 7) is 6.33. The molecule has 1 heterocycles. The zero-order chi connectivity index (χ0) is 21.7. The lowest BCUT2D eigenvalue weighted by atomic mass is 10.0. The summed E-state index contributed by atoms with van der Waals surface area (Å²) in [7, 11) is 1.42. The van der Waals surface area contributed by atoms with Crippen LogP contribution >= 0.6 is 0 Å². The zero-order valence-corrected chi connectivity index (χ0v) is 17.9. The Morgan fingerprint density at radius 2 is 1.63 bits per heavy atom. The number of methoxy groups -OCH3 is 1. The monoisotopic (exact) mass is 412 g/mol. The molecule has 0 spiro atoms. The highest BCUT2D eigenvalue weighted by molar-refractivity contribution is 5.94. The molecule has 0 unspecified atom stereocenters. The number of hydrogen-bond donors (Lipinski definition) is 0. The lowest BCUT2D eigenvalue weighted by Gasteiger charge is -2.35. The number of hydrogen-bond acceptors (Lipinski definition) is 3. The third kappa shape index (κ3) is 5.17. The molecule has 2 aromatic rings. The van der Waals surface area contributed by atoms with Gasteiger partial charge in [-0.05, 0) is 47.7 Å². The first-order valence-electron chi connectivity index (χ1n) is 10.4. The van der Waals surface area contributed by atoms with Crippen molar-refractivity contribution in [3.8, 4) is 5.75 Å². The molecule has 0 radical (unpaired) electrons. The first kappa shape index (κ1) is 21.8. The molecule has 0 aliphatic carbocycles. The van der Waals surface area contributed by atoms with Gasteiger partial charge in [0.05, 0.1) is 7.11 Å². The fourth-order valence-electron chi connectivity index (χ4n) is 3.63. The summed E-state index contributed by atoms with van der Waals surface area (Å²) in [6.07, 6.45) is 0.789. The third-order valence-electron chi connectivity index (χ3n) is 5.59. The molecule has 1 fully saturated rings. The van der Waals surface area contributed by atoms with Crippen molar-refractivity contribution in [3.63, 3.8) is 0 Å². The number of halogens is 1. The minimum Gasteiger partial charge on any atom is -0.494 e. The van der Waals surface area contributed by atoms with Gasteiger partial charge in [-0.1, -0.05) is 32.0 Å². The van der Waals surface area contributed by atoms with E-state index in [0.29, 0.717) is 50.5 Å². The second-order valence-corrected chi connectivity index (χ2v) is 7.92. The standard InChI is InChI=1S/C24H29FN2O3/c1-17(2)19-6-8-20(9-7-19)24(29)27-14-12-26(13-15-27)23(28)11-5-18-4-10-22(30-3)21(25)16-18/h4,6-10,16-17H,5,11-15H2,1-3H3. The number of carbonyl (C=O) groups is 2. The summed E-state index contributed by atoms with van der Waals surface area (Å²) >= 11 is 0. The maximum Gasteiger partial charge on any atom is 0.253 e. The highest BCUT2D eigenvalue weighted by Gasteiger charge is 2.24. The second-order valence-electron chi connectivity index (χ2n) is 7.92. The minimum atomic E-state index is -0.420. The van der Waals surface area contributed by atoms with Crippen molar-refractivity contribution < 1.29 is 18.7 Å². The molecule has 30 heavy (non-hydrogen) atoms. The molecule has 1 aliphatic rings. The van der Waals surface area contributed by atoms with Gasteiger partial charge in [0.1, 0.15) is 0 Å².